The minimum atomic E-state index is -0.282. The number of nitrogens with zero attached hydrogens (tertiary/aromatic N) is 7. The molecule has 4 saturated heterocycles. The summed E-state index contributed by atoms with van der Waals surface area (Å²) in [5.41, 5.74) is 2.02. The van der Waals surface area contributed by atoms with Gasteiger partial charge in [-0.25, -0.2) is 0 Å². The van der Waals surface area contributed by atoms with Gasteiger partial charge in [0, 0.05) is 84.2 Å². The fraction of sp³-hybridized carbons (Fsp3) is 0.586. The molecule has 0 radical (unpaired) electrons. The second-order valence-corrected chi connectivity index (χ2v) is 11.2. The maximum absolute atomic E-state index is 13.2. The minimum Gasteiger partial charge on any atom is -0.377 e. The van der Waals surface area contributed by atoms with Crippen LogP contribution in [-0.4, -0.2) is 110 Å². The first-order chi connectivity index (χ1) is 19.0. The summed E-state index contributed by atoms with van der Waals surface area (Å²) in [6.07, 6.45) is 3.05. The smallest absolute Gasteiger partial charge is 0.228 e. The molecule has 2 amide bonds. The molecule has 2 unspecified atom stereocenters. The molecule has 208 valence electrons. The molecule has 0 spiro atoms. The molecule has 0 aliphatic carbocycles. The summed E-state index contributed by atoms with van der Waals surface area (Å²) >= 11 is 0. The largest absolute Gasteiger partial charge is 0.377 e. The number of ether oxygens (including phenoxy) is 1. The van der Waals surface area contributed by atoms with E-state index < -0.39 is 0 Å². The maximum atomic E-state index is 13.2. The number of hydrogen-bond donors (Lipinski definition) is 0. The highest BCUT2D eigenvalue weighted by Crippen LogP contribution is 2.27. The van der Waals surface area contributed by atoms with Crippen molar-refractivity contribution < 1.29 is 14.3 Å². The van der Waals surface area contributed by atoms with Gasteiger partial charge in [-0.2, -0.15) is 0 Å². The molecule has 0 N–H and O–H groups in total. The van der Waals surface area contributed by atoms with E-state index in [2.05, 4.69) is 31.0 Å². The first-order valence-corrected chi connectivity index (χ1v) is 14.4. The van der Waals surface area contributed by atoms with E-state index in [0.717, 1.165) is 62.2 Å². The number of benzene rings is 1. The second-order valence-electron chi connectivity index (χ2n) is 11.2. The Bertz CT molecular complexity index is 1140. The number of aromatic nitrogens is 2. The summed E-state index contributed by atoms with van der Waals surface area (Å²) < 4.78 is 5.79. The van der Waals surface area contributed by atoms with Gasteiger partial charge in [-0.15, -0.1) is 10.2 Å². The molecule has 2 atom stereocenters. The molecule has 4 fully saturated rings. The third-order valence-corrected chi connectivity index (χ3v) is 8.55. The Balaban J connectivity index is 0.970. The summed E-state index contributed by atoms with van der Waals surface area (Å²) in [5, 5.41) is 9.07. The first-order valence-electron chi connectivity index (χ1n) is 14.4. The van der Waals surface area contributed by atoms with E-state index in [1.807, 2.05) is 42.2 Å². The minimum absolute atomic E-state index is 0.0236. The lowest BCUT2D eigenvalue weighted by Crippen LogP contribution is -2.51. The summed E-state index contributed by atoms with van der Waals surface area (Å²) in [7, 11) is 0. The van der Waals surface area contributed by atoms with Gasteiger partial charge in [-0.3, -0.25) is 14.5 Å². The molecule has 5 heterocycles. The van der Waals surface area contributed by atoms with E-state index in [4.69, 9.17) is 4.74 Å². The zero-order chi connectivity index (χ0) is 26.8. The zero-order valence-electron chi connectivity index (χ0n) is 22.9. The third kappa shape index (κ3) is 5.86. The molecule has 1 aromatic carbocycles. The van der Waals surface area contributed by atoms with Crippen molar-refractivity contribution in [1.29, 1.82) is 0 Å². The predicted molar refractivity (Wildman–Crippen MR) is 150 cm³/mol. The van der Waals surface area contributed by atoms with Crippen molar-refractivity contribution >= 4 is 29.1 Å². The average molecular weight is 534 g/mol. The third-order valence-electron chi connectivity index (χ3n) is 8.55. The first kappa shape index (κ1) is 26.0. The molecule has 4 aliphatic heterocycles. The molecular formula is C29H39N7O3. The van der Waals surface area contributed by atoms with Crippen LogP contribution in [0.2, 0.25) is 0 Å². The van der Waals surface area contributed by atoms with E-state index in [9.17, 15) is 9.59 Å². The fourth-order valence-electron chi connectivity index (χ4n) is 6.15. The van der Waals surface area contributed by atoms with Crippen molar-refractivity contribution in [2.45, 2.75) is 32.3 Å². The monoisotopic (exact) mass is 533 g/mol. The van der Waals surface area contributed by atoms with Crippen LogP contribution < -0.4 is 14.7 Å². The summed E-state index contributed by atoms with van der Waals surface area (Å²) in [6.45, 7) is 11.1. The average Bonchev–Trinajstić information content (AvgIpc) is 3.63. The highest BCUT2D eigenvalue weighted by molar-refractivity contribution is 6.00. The Morgan fingerprint density at radius 3 is 2.13 bits per heavy atom. The molecule has 0 saturated carbocycles. The van der Waals surface area contributed by atoms with Crippen molar-refractivity contribution in [2.24, 2.45) is 5.92 Å². The number of aryl methyl sites for hydroxylation is 1. The Kier molecular flexibility index (Phi) is 7.65. The van der Waals surface area contributed by atoms with Gasteiger partial charge in [-0.1, -0.05) is 17.7 Å². The molecule has 10 nitrogen and oxygen atoms in total. The lowest BCUT2D eigenvalue weighted by atomic mass is 10.1. The molecule has 1 aromatic heterocycles. The maximum Gasteiger partial charge on any atom is 0.228 e. The summed E-state index contributed by atoms with van der Waals surface area (Å²) in [5.74, 6) is 1.60. The number of anilines is 3. The molecule has 2 aromatic rings. The van der Waals surface area contributed by atoms with Gasteiger partial charge in [0.25, 0.3) is 0 Å². The Labute approximate surface area is 230 Å². The van der Waals surface area contributed by atoms with Crippen molar-refractivity contribution in [3.05, 3.63) is 42.0 Å². The highest BCUT2D eigenvalue weighted by Gasteiger charge is 2.38. The summed E-state index contributed by atoms with van der Waals surface area (Å²) in [6, 6.07) is 12.0. The van der Waals surface area contributed by atoms with Crippen LogP contribution in [0, 0.1) is 12.8 Å². The molecule has 6 rings (SSSR count). The fourth-order valence-corrected chi connectivity index (χ4v) is 6.15. The van der Waals surface area contributed by atoms with Crippen LogP contribution in [0.25, 0.3) is 0 Å². The van der Waals surface area contributed by atoms with E-state index in [1.165, 1.54) is 12.8 Å². The van der Waals surface area contributed by atoms with Gasteiger partial charge in [0.1, 0.15) is 0 Å². The Hall–Kier alpha value is -3.24. The molecular weight excluding hydrogens is 494 g/mol. The van der Waals surface area contributed by atoms with Crippen molar-refractivity contribution in [3.8, 4) is 0 Å². The van der Waals surface area contributed by atoms with Crippen LogP contribution in [0.1, 0.15) is 24.8 Å². The van der Waals surface area contributed by atoms with Crippen LogP contribution >= 0.6 is 0 Å². The summed E-state index contributed by atoms with van der Waals surface area (Å²) in [4.78, 5) is 36.5. The topological polar surface area (TPSA) is 85.4 Å². The van der Waals surface area contributed by atoms with Gasteiger partial charge in [0.05, 0.1) is 12.0 Å². The quantitative estimate of drug-likeness (QED) is 0.556. The SMILES string of the molecule is Cc1ccc(N2CC(C(=O)N3CCN(c4ccc(N5CCN(CC6CCCO6)CC5)nn4)CC3)CC2=O)cc1. The Morgan fingerprint density at radius 2 is 1.54 bits per heavy atom. The van der Waals surface area contributed by atoms with E-state index in [-0.39, 0.29) is 24.2 Å². The van der Waals surface area contributed by atoms with Crippen molar-refractivity contribution in [2.75, 3.05) is 86.8 Å². The molecule has 39 heavy (non-hydrogen) atoms. The standard InChI is InChI=1S/C29H39N7O3/c1-22-4-6-24(7-5-22)36-20-23(19-28(36)37)29(38)35-16-14-34(15-17-35)27-9-8-26(30-31-27)33-12-10-32(11-13-33)21-25-3-2-18-39-25/h4-9,23,25H,2-3,10-21H2,1H3. The van der Waals surface area contributed by atoms with E-state index in [0.29, 0.717) is 38.8 Å². The van der Waals surface area contributed by atoms with E-state index >= 15 is 0 Å². The van der Waals surface area contributed by atoms with Crippen LogP contribution in [0.15, 0.2) is 36.4 Å². The van der Waals surface area contributed by atoms with Gasteiger partial charge in [0.15, 0.2) is 11.6 Å². The number of amides is 2. The number of carbonyl (C=O) groups excluding carboxylic acids is 2. The normalized spacial score (nSPS) is 24.6. The molecule has 10 heteroatoms. The number of piperazine rings is 2. The number of rotatable bonds is 6. The van der Waals surface area contributed by atoms with Crippen LogP contribution in [-0.2, 0) is 14.3 Å². The van der Waals surface area contributed by atoms with Gasteiger partial charge >= 0.3 is 0 Å². The van der Waals surface area contributed by atoms with Gasteiger partial charge in [-0.05, 0) is 44.0 Å². The molecule has 0 bridgehead atoms. The predicted octanol–water partition coefficient (Wildman–Crippen LogP) is 1.79. The van der Waals surface area contributed by atoms with E-state index in [1.54, 1.807) is 4.90 Å². The van der Waals surface area contributed by atoms with Crippen molar-refractivity contribution in [1.82, 2.24) is 20.0 Å². The zero-order valence-corrected chi connectivity index (χ0v) is 22.9. The molecule has 4 aliphatic rings. The van der Waals surface area contributed by atoms with Crippen LogP contribution in [0.3, 0.4) is 0 Å². The number of carbonyl (C=O) groups is 2. The van der Waals surface area contributed by atoms with Gasteiger partial charge < -0.3 is 24.3 Å². The van der Waals surface area contributed by atoms with Crippen LogP contribution in [0.4, 0.5) is 17.3 Å². The van der Waals surface area contributed by atoms with Crippen molar-refractivity contribution in [3.63, 3.8) is 0 Å². The van der Waals surface area contributed by atoms with Gasteiger partial charge in [0.2, 0.25) is 11.8 Å². The van der Waals surface area contributed by atoms with Crippen LogP contribution in [0.5, 0.6) is 0 Å². The lowest BCUT2D eigenvalue weighted by molar-refractivity contribution is -0.136. The lowest BCUT2D eigenvalue weighted by Gasteiger charge is -2.37. The Morgan fingerprint density at radius 1 is 0.897 bits per heavy atom. The second kappa shape index (κ2) is 11.5. The highest BCUT2D eigenvalue weighted by atomic mass is 16.5. The number of hydrogen-bond acceptors (Lipinski definition) is 8.